The van der Waals surface area contributed by atoms with Gasteiger partial charge in [-0.05, 0) is 37.6 Å². The SMILES string of the molecule is COc1cccc(-c2nn(-c3ccc(C)cc3)cc2C(=O)NCCCn2ccnc2)c1. The highest BCUT2D eigenvalue weighted by molar-refractivity contribution is 6.00. The number of aromatic nitrogens is 4. The smallest absolute Gasteiger partial charge is 0.255 e. The molecule has 158 valence electrons. The second-order valence-corrected chi connectivity index (χ2v) is 7.31. The van der Waals surface area contributed by atoms with Gasteiger partial charge in [-0.25, -0.2) is 9.67 Å². The molecule has 0 atom stereocenters. The van der Waals surface area contributed by atoms with Crippen LogP contribution in [0.25, 0.3) is 16.9 Å². The Bertz CT molecular complexity index is 1150. The molecule has 0 fully saturated rings. The van der Waals surface area contributed by atoms with Crippen molar-refractivity contribution in [3.05, 3.63) is 84.6 Å². The maximum atomic E-state index is 13.0. The van der Waals surface area contributed by atoms with Gasteiger partial charge < -0.3 is 14.6 Å². The van der Waals surface area contributed by atoms with Crippen LogP contribution in [0.15, 0.2) is 73.4 Å². The highest BCUT2D eigenvalue weighted by atomic mass is 16.5. The molecule has 0 bridgehead atoms. The second-order valence-electron chi connectivity index (χ2n) is 7.31. The maximum Gasteiger partial charge on any atom is 0.255 e. The van der Waals surface area contributed by atoms with E-state index in [1.807, 2.05) is 66.2 Å². The van der Waals surface area contributed by atoms with Gasteiger partial charge >= 0.3 is 0 Å². The molecular formula is C24H25N5O2. The number of nitrogens with one attached hydrogen (secondary N) is 1. The first-order valence-corrected chi connectivity index (χ1v) is 10.2. The van der Waals surface area contributed by atoms with E-state index in [0.29, 0.717) is 23.6 Å². The Labute approximate surface area is 181 Å². The van der Waals surface area contributed by atoms with Crippen molar-refractivity contribution >= 4 is 5.91 Å². The normalized spacial score (nSPS) is 10.8. The van der Waals surface area contributed by atoms with Crippen LogP contribution in [0.3, 0.4) is 0 Å². The molecule has 4 aromatic rings. The van der Waals surface area contributed by atoms with Crippen LogP contribution in [0, 0.1) is 6.92 Å². The molecule has 0 aliphatic carbocycles. The number of rotatable bonds is 8. The molecule has 2 heterocycles. The minimum Gasteiger partial charge on any atom is -0.497 e. The number of hydrogen-bond donors (Lipinski definition) is 1. The molecule has 0 spiro atoms. The van der Waals surface area contributed by atoms with Crippen LogP contribution in [0.1, 0.15) is 22.3 Å². The maximum absolute atomic E-state index is 13.0. The fraction of sp³-hybridized carbons (Fsp3) is 0.208. The molecule has 0 aliphatic heterocycles. The summed E-state index contributed by atoms with van der Waals surface area (Å²) in [4.78, 5) is 17.1. The molecule has 31 heavy (non-hydrogen) atoms. The van der Waals surface area contributed by atoms with Gasteiger partial charge in [0.25, 0.3) is 5.91 Å². The summed E-state index contributed by atoms with van der Waals surface area (Å²) in [6.07, 6.45) is 8.02. The molecule has 0 unspecified atom stereocenters. The van der Waals surface area contributed by atoms with Crippen molar-refractivity contribution in [1.29, 1.82) is 0 Å². The van der Waals surface area contributed by atoms with Crippen molar-refractivity contribution in [1.82, 2.24) is 24.6 Å². The number of ether oxygens (including phenoxy) is 1. The Balaban J connectivity index is 1.59. The van der Waals surface area contributed by atoms with E-state index in [-0.39, 0.29) is 5.91 Å². The van der Waals surface area contributed by atoms with Gasteiger partial charge in [-0.3, -0.25) is 4.79 Å². The summed E-state index contributed by atoms with van der Waals surface area (Å²) in [6.45, 7) is 3.40. The van der Waals surface area contributed by atoms with Crippen molar-refractivity contribution in [2.75, 3.05) is 13.7 Å². The van der Waals surface area contributed by atoms with E-state index in [0.717, 1.165) is 24.2 Å². The number of amides is 1. The van der Waals surface area contributed by atoms with Crippen LogP contribution in [0.4, 0.5) is 0 Å². The Morgan fingerprint density at radius 1 is 1.16 bits per heavy atom. The average Bonchev–Trinajstić information content (AvgIpc) is 3.47. The number of carbonyl (C=O) groups excluding carboxylic acids is 1. The van der Waals surface area contributed by atoms with Crippen molar-refractivity contribution in [3.8, 4) is 22.7 Å². The summed E-state index contributed by atoms with van der Waals surface area (Å²) in [6, 6.07) is 15.6. The first-order valence-electron chi connectivity index (χ1n) is 10.2. The van der Waals surface area contributed by atoms with Crippen LogP contribution in [-0.2, 0) is 6.54 Å². The van der Waals surface area contributed by atoms with Gasteiger partial charge in [0.1, 0.15) is 11.4 Å². The third kappa shape index (κ3) is 4.83. The van der Waals surface area contributed by atoms with Crippen LogP contribution >= 0.6 is 0 Å². The zero-order valence-corrected chi connectivity index (χ0v) is 17.7. The topological polar surface area (TPSA) is 74.0 Å². The molecule has 0 saturated carbocycles. The monoisotopic (exact) mass is 415 g/mol. The number of hydrogen-bond acceptors (Lipinski definition) is 4. The zero-order chi connectivity index (χ0) is 21.6. The fourth-order valence-electron chi connectivity index (χ4n) is 3.33. The van der Waals surface area contributed by atoms with Gasteiger partial charge in [-0.15, -0.1) is 0 Å². The lowest BCUT2D eigenvalue weighted by atomic mass is 10.1. The summed E-state index contributed by atoms with van der Waals surface area (Å²) < 4.78 is 9.09. The highest BCUT2D eigenvalue weighted by Crippen LogP contribution is 2.27. The average molecular weight is 415 g/mol. The molecule has 1 N–H and O–H groups in total. The van der Waals surface area contributed by atoms with Gasteiger partial charge in [0.2, 0.25) is 0 Å². The van der Waals surface area contributed by atoms with Gasteiger partial charge in [0.05, 0.1) is 24.7 Å². The molecule has 7 nitrogen and oxygen atoms in total. The minimum atomic E-state index is -0.151. The molecule has 1 amide bonds. The van der Waals surface area contributed by atoms with Crippen LogP contribution in [0.5, 0.6) is 5.75 Å². The molecule has 2 aromatic heterocycles. The molecule has 2 aromatic carbocycles. The fourth-order valence-corrected chi connectivity index (χ4v) is 3.33. The molecular weight excluding hydrogens is 390 g/mol. The van der Waals surface area contributed by atoms with E-state index in [1.54, 1.807) is 30.5 Å². The van der Waals surface area contributed by atoms with Crippen molar-refractivity contribution < 1.29 is 9.53 Å². The number of aryl methyl sites for hydroxylation is 2. The molecule has 0 saturated heterocycles. The van der Waals surface area contributed by atoms with E-state index in [9.17, 15) is 4.79 Å². The first-order chi connectivity index (χ1) is 15.1. The third-order valence-electron chi connectivity index (χ3n) is 5.04. The van der Waals surface area contributed by atoms with E-state index >= 15 is 0 Å². The van der Waals surface area contributed by atoms with Gasteiger partial charge in [-0.1, -0.05) is 29.8 Å². The number of benzene rings is 2. The lowest BCUT2D eigenvalue weighted by Crippen LogP contribution is -2.25. The van der Waals surface area contributed by atoms with E-state index in [1.165, 1.54) is 5.56 Å². The molecule has 0 aliphatic rings. The van der Waals surface area contributed by atoms with E-state index < -0.39 is 0 Å². The third-order valence-corrected chi connectivity index (χ3v) is 5.04. The number of nitrogens with zero attached hydrogens (tertiary/aromatic N) is 4. The van der Waals surface area contributed by atoms with Gasteiger partial charge in [-0.2, -0.15) is 5.10 Å². The lowest BCUT2D eigenvalue weighted by molar-refractivity contribution is 0.0953. The first kappa shape index (κ1) is 20.4. The van der Waals surface area contributed by atoms with Gasteiger partial charge in [0.15, 0.2) is 0 Å². The second kappa shape index (κ2) is 9.30. The quantitative estimate of drug-likeness (QED) is 0.443. The van der Waals surface area contributed by atoms with Crippen molar-refractivity contribution in [2.45, 2.75) is 19.9 Å². The van der Waals surface area contributed by atoms with Gasteiger partial charge in [0, 0.05) is 37.2 Å². The Kier molecular flexibility index (Phi) is 6.12. The largest absolute Gasteiger partial charge is 0.497 e. The van der Waals surface area contributed by atoms with Crippen LogP contribution in [0.2, 0.25) is 0 Å². The standard InChI is InChI=1S/C24H25N5O2/c1-18-7-9-20(10-8-18)29-16-22(23(27-29)19-5-3-6-21(15-19)31-2)24(30)26-11-4-13-28-14-12-25-17-28/h3,5-10,12,14-17H,4,11,13H2,1-2H3,(H,26,30). The molecule has 0 radical (unpaired) electrons. The Morgan fingerprint density at radius 3 is 2.74 bits per heavy atom. The van der Waals surface area contributed by atoms with E-state index in [2.05, 4.69) is 10.3 Å². The number of methoxy groups -OCH3 is 1. The lowest BCUT2D eigenvalue weighted by Gasteiger charge is -2.07. The summed E-state index contributed by atoms with van der Waals surface area (Å²) in [7, 11) is 1.62. The summed E-state index contributed by atoms with van der Waals surface area (Å²) in [5.41, 5.74) is 4.03. The summed E-state index contributed by atoms with van der Waals surface area (Å²) in [5, 5.41) is 7.75. The Hall–Kier alpha value is -3.87. The highest BCUT2D eigenvalue weighted by Gasteiger charge is 2.19. The zero-order valence-electron chi connectivity index (χ0n) is 17.7. The van der Waals surface area contributed by atoms with Crippen molar-refractivity contribution in [3.63, 3.8) is 0 Å². The summed E-state index contributed by atoms with van der Waals surface area (Å²) >= 11 is 0. The van der Waals surface area contributed by atoms with E-state index in [4.69, 9.17) is 9.84 Å². The minimum absolute atomic E-state index is 0.151. The summed E-state index contributed by atoms with van der Waals surface area (Å²) in [5.74, 6) is 0.566. The predicted molar refractivity (Wildman–Crippen MR) is 119 cm³/mol. The van der Waals surface area contributed by atoms with Crippen LogP contribution < -0.4 is 10.1 Å². The van der Waals surface area contributed by atoms with Crippen molar-refractivity contribution in [2.24, 2.45) is 0 Å². The number of carbonyl (C=O) groups is 1. The molecule has 7 heteroatoms. The van der Waals surface area contributed by atoms with Crippen LogP contribution in [-0.4, -0.2) is 38.9 Å². The Morgan fingerprint density at radius 2 is 2.00 bits per heavy atom. The predicted octanol–water partition coefficient (Wildman–Crippen LogP) is 3.87. The number of imidazole rings is 1. The molecule has 4 rings (SSSR count).